The maximum Gasteiger partial charge on any atom is 0.232 e. The van der Waals surface area contributed by atoms with E-state index in [-0.39, 0.29) is 12.3 Å². The molecule has 0 radical (unpaired) electrons. The number of benzene rings is 2. The average Bonchev–Trinajstić information content (AvgIpc) is 3.13. The summed E-state index contributed by atoms with van der Waals surface area (Å²) in [5, 5.41) is 0. The quantitative estimate of drug-likeness (QED) is 0.677. The summed E-state index contributed by atoms with van der Waals surface area (Å²) >= 11 is 0. The number of rotatable bonds is 7. The van der Waals surface area contributed by atoms with E-state index in [1.165, 1.54) is 23.4 Å². The number of Topliss-reactive ketones (excluding diaryl/α,β-unsaturated/α-hetero) is 1. The molecule has 4 nitrogen and oxygen atoms in total. The summed E-state index contributed by atoms with van der Waals surface area (Å²) in [7, 11) is -3.39. The topological polar surface area (TPSA) is 54.5 Å². The van der Waals surface area contributed by atoms with Crippen LogP contribution in [0.1, 0.15) is 48.0 Å². The maximum absolute atomic E-state index is 12.4. The van der Waals surface area contributed by atoms with Gasteiger partial charge in [-0.05, 0) is 23.6 Å². The Hall–Kier alpha value is -2.14. The lowest BCUT2D eigenvalue weighted by atomic mass is 9.96. The molecule has 2 aromatic carbocycles. The van der Waals surface area contributed by atoms with Crippen LogP contribution in [0.25, 0.3) is 0 Å². The van der Waals surface area contributed by atoms with Crippen LogP contribution < -0.4 is 4.31 Å². The SMILES string of the molecule is CS(=O)(=O)N(Cc1ccc(C(=O)CC2CCCC2)cc1)c1ccccc1. The molecule has 0 bridgehead atoms. The number of ketones is 1. The van der Waals surface area contributed by atoms with Crippen LogP contribution in [0.15, 0.2) is 54.6 Å². The van der Waals surface area contributed by atoms with E-state index >= 15 is 0 Å². The first-order valence-electron chi connectivity index (χ1n) is 9.08. The molecule has 1 aliphatic carbocycles. The molecule has 1 fully saturated rings. The van der Waals surface area contributed by atoms with Crippen molar-refractivity contribution in [3.05, 3.63) is 65.7 Å². The number of sulfonamides is 1. The normalized spacial score (nSPS) is 15.1. The first-order chi connectivity index (χ1) is 12.4. The van der Waals surface area contributed by atoms with Gasteiger partial charge in [-0.25, -0.2) is 8.42 Å². The molecule has 1 saturated carbocycles. The molecule has 0 spiro atoms. The highest BCUT2D eigenvalue weighted by Crippen LogP contribution is 2.29. The zero-order chi connectivity index (χ0) is 18.6. The van der Waals surface area contributed by atoms with Crippen molar-refractivity contribution in [1.29, 1.82) is 0 Å². The minimum Gasteiger partial charge on any atom is -0.294 e. The zero-order valence-electron chi connectivity index (χ0n) is 15.1. The summed E-state index contributed by atoms with van der Waals surface area (Å²) in [4.78, 5) is 12.4. The van der Waals surface area contributed by atoms with Crippen molar-refractivity contribution in [2.24, 2.45) is 5.92 Å². The van der Waals surface area contributed by atoms with Gasteiger partial charge in [-0.15, -0.1) is 0 Å². The number of hydrogen-bond donors (Lipinski definition) is 0. The number of carbonyl (C=O) groups is 1. The van der Waals surface area contributed by atoms with Crippen molar-refractivity contribution in [2.75, 3.05) is 10.6 Å². The molecule has 26 heavy (non-hydrogen) atoms. The second-order valence-electron chi connectivity index (χ2n) is 7.08. The van der Waals surface area contributed by atoms with Gasteiger partial charge in [0.25, 0.3) is 0 Å². The van der Waals surface area contributed by atoms with E-state index in [1.54, 1.807) is 12.1 Å². The Bertz CT molecular complexity index is 839. The fourth-order valence-electron chi connectivity index (χ4n) is 3.55. The van der Waals surface area contributed by atoms with Crippen LogP contribution in [0, 0.1) is 5.92 Å². The van der Waals surface area contributed by atoms with E-state index in [9.17, 15) is 13.2 Å². The van der Waals surface area contributed by atoms with Gasteiger partial charge >= 0.3 is 0 Å². The van der Waals surface area contributed by atoms with Gasteiger partial charge in [0, 0.05) is 12.0 Å². The van der Waals surface area contributed by atoms with Gasteiger partial charge in [0.15, 0.2) is 5.78 Å². The Morgan fingerprint density at radius 3 is 2.19 bits per heavy atom. The first kappa shape index (κ1) is 18.6. The van der Waals surface area contributed by atoms with Crippen LogP contribution in [0.2, 0.25) is 0 Å². The number of para-hydroxylation sites is 1. The smallest absolute Gasteiger partial charge is 0.232 e. The molecule has 0 aliphatic heterocycles. The summed E-state index contributed by atoms with van der Waals surface area (Å²) in [6, 6.07) is 16.4. The number of carbonyl (C=O) groups excluding carboxylic acids is 1. The summed E-state index contributed by atoms with van der Waals surface area (Å²) < 4.78 is 25.7. The molecule has 3 rings (SSSR count). The number of nitrogens with zero attached hydrogens (tertiary/aromatic N) is 1. The third-order valence-electron chi connectivity index (χ3n) is 5.00. The molecule has 0 amide bonds. The second kappa shape index (κ2) is 8.04. The van der Waals surface area contributed by atoms with Gasteiger partial charge in [0.2, 0.25) is 10.0 Å². The Morgan fingerprint density at radius 1 is 1.00 bits per heavy atom. The minimum absolute atomic E-state index is 0.187. The third-order valence-corrected chi connectivity index (χ3v) is 6.14. The van der Waals surface area contributed by atoms with Gasteiger partial charge in [-0.2, -0.15) is 0 Å². The van der Waals surface area contributed by atoms with Gasteiger partial charge in [-0.3, -0.25) is 9.10 Å². The highest BCUT2D eigenvalue weighted by Gasteiger charge is 2.20. The third kappa shape index (κ3) is 4.73. The minimum atomic E-state index is -3.39. The highest BCUT2D eigenvalue weighted by atomic mass is 32.2. The van der Waals surface area contributed by atoms with Crippen molar-refractivity contribution >= 4 is 21.5 Å². The Balaban J connectivity index is 1.72. The molecule has 0 N–H and O–H groups in total. The van der Waals surface area contributed by atoms with Crippen molar-refractivity contribution in [1.82, 2.24) is 0 Å². The van der Waals surface area contributed by atoms with E-state index in [1.807, 2.05) is 42.5 Å². The van der Waals surface area contributed by atoms with Gasteiger partial charge < -0.3 is 0 Å². The van der Waals surface area contributed by atoms with E-state index in [0.29, 0.717) is 23.6 Å². The van der Waals surface area contributed by atoms with E-state index in [2.05, 4.69) is 0 Å². The molecule has 0 atom stereocenters. The van der Waals surface area contributed by atoms with E-state index in [0.717, 1.165) is 18.4 Å². The Morgan fingerprint density at radius 2 is 1.62 bits per heavy atom. The molecular formula is C21H25NO3S. The van der Waals surface area contributed by atoms with Gasteiger partial charge in [-0.1, -0.05) is 68.1 Å². The second-order valence-corrected chi connectivity index (χ2v) is 8.99. The lowest BCUT2D eigenvalue weighted by molar-refractivity contribution is 0.0962. The Kier molecular flexibility index (Phi) is 5.77. The highest BCUT2D eigenvalue weighted by molar-refractivity contribution is 7.92. The fourth-order valence-corrected chi connectivity index (χ4v) is 4.44. The maximum atomic E-state index is 12.4. The molecular weight excluding hydrogens is 346 g/mol. The molecule has 0 unspecified atom stereocenters. The van der Waals surface area contributed by atoms with Crippen LogP contribution >= 0.6 is 0 Å². The van der Waals surface area contributed by atoms with Crippen LogP contribution in [-0.2, 0) is 16.6 Å². The molecule has 0 saturated heterocycles. The fraction of sp³-hybridized carbons (Fsp3) is 0.381. The monoisotopic (exact) mass is 371 g/mol. The predicted octanol–water partition coefficient (Wildman–Crippen LogP) is 4.42. The largest absolute Gasteiger partial charge is 0.294 e. The van der Waals surface area contributed by atoms with Crippen LogP contribution in [0.5, 0.6) is 0 Å². The summed E-state index contributed by atoms with van der Waals surface area (Å²) in [5.41, 5.74) is 2.21. The molecule has 0 aromatic heterocycles. The molecule has 5 heteroatoms. The van der Waals surface area contributed by atoms with Gasteiger partial charge in [0.05, 0.1) is 18.5 Å². The molecule has 138 valence electrons. The lowest BCUT2D eigenvalue weighted by Gasteiger charge is -2.22. The number of hydrogen-bond acceptors (Lipinski definition) is 3. The van der Waals surface area contributed by atoms with E-state index < -0.39 is 10.0 Å². The van der Waals surface area contributed by atoms with Crippen LogP contribution in [-0.4, -0.2) is 20.5 Å². The number of anilines is 1. The standard InChI is InChI=1S/C21H25NO3S/c1-26(24,25)22(20-9-3-2-4-10-20)16-18-11-13-19(14-12-18)21(23)15-17-7-5-6-8-17/h2-4,9-14,17H,5-8,15-16H2,1H3. The average molecular weight is 372 g/mol. The summed E-state index contributed by atoms with van der Waals surface area (Å²) in [6.45, 7) is 0.250. The zero-order valence-corrected chi connectivity index (χ0v) is 15.9. The Labute approximate surface area is 155 Å². The lowest BCUT2D eigenvalue weighted by Crippen LogP contribution is -2.29. The van der Waals surface area contributed by atoms with Crippen molar-refractivity contribution in [2.45, 2.75) is 38.6 Å². The van der Waals surface area contributed by atoms with Gasteiger partial charge in [0.1, 0.15) is 0 Å². The molecule has 2 aromatic rings. The van der Waals surface area contributed by atoms with Crippen molar-refractivity contribution in [3.63, 3.8) is 0 Å². The first-order valence-corrected chi connectivity index (χ1v) is 10.9. The summed E-state index contributed by atoms with van der Waals surface area (Å²) in [5.74, 6) is 0.715. The van der Waals surface area contributed by atoms with Crippen LogP contribution in [0.4, 0.5) is 5.69 Å². The van der Waals surface area contributed by atoms with Crippen molar-refractivity contribution < 1.29 is 13.2 Å². The molecule has 0 heterocycles. The summed E-state index contributed by atoms with van der Waals surface area (Å²) in [6.07, 6.45) is 6.61. The van der Waals surface area contributed by atoms with Crippen molar-refractivity contribution in [3.8, 4) is 0 Å². The predicted molar refractivity (Wildman–Crippen MR) is 105 cm³/mol. The van der Waals surface area contributed by atoms with E-state index in [4.69, 9.17) is 0 Å². The van der Waals surface area contributed by atoms with Crippen LogP contribution in [0.3, 0.4) is 0 Å². The molecule has 1 aliphatic rings.